The molecule has 1 aliphatic heterocycles. The Morgan fingerprint density at radius 1 is 1.00 bits per heavy atom. The summed E-state index contributed by atoms with van der Waals surface area (Å²) in [4.78, 5) is 36.7. The molecule has 0 unspecified atom stereocenters. The van der Waals surface area contributed by atoms with Crippen LogP contribution in [0.5, 0.6) is 0 Å². The lowest BCUT2D eigenvalue weighted by Gasteiger charge is -2.27. The zero-order chi connectivity index (χ0) is 24.8. The van der Waals surface area contributed by atoms with Gasteiger partial charge in [-0.05, 0) is 50.3 Å². The topological polar surface area (TPSA) is 128 Å². The smallest absolute Gasteiger partial charge is 0.227 e. The minimum absolute atomic E-state index is 0.0687. The number of imidazole rings is 1. The highest BCUT2D eigenvalue weighted by Crippen LogP contribution is 2.32. The number of fused-ring (bicyclic) bond motifs is 2. The second kappa shape index (κ2) is 8.95. The predicted octanol–water partition coefficient (Wildman–Crippen LogP) is 4.69. The van der Waals surface area contributed by atoms with Gasteiger partial charge in [-0.1, -0.05) is 6.42 Å². The highest BCUT2D eigenvalue weighted by Gasteiger charge is 2.25. The molecule has 0 aromatic carbocycles. The van der Waals surface area contributed by atoms with Crippen LogP contribution >= 0.6 is 0 Å². The van der Waals surface area contributed by atoms with Gasteiger partial charge in [0.1, 0.15) is 11.2 Å². The molecule has 6 heterocycles. The second-order valence-electron chi connectivity index (χ2n) is 9.94. The molecule has 2 aliphatic rings. The first-order valence-electron chi connectivity index (χ1n) is 12.9. The zero-order valence-corrected chi connectivity index (χ0v) is 20.4. The lowest BCUT2D eigenvalue weighted by atomic mass is 9.85. The third-order valence-corrected chi connectivity index (χ3v) is 7.50. The van der Waals surface area contributed by atoms with E-state index in [1.807, 2.05) is 24.4 Å². The van der Waals surface area contributed by atoms with E-state index in [2.05, 4.69) is 40.3 Å². The van der Waals surface area contributed by atoms with E-state index in [1.54, 1.807) is 18.6 Å². The lowest BCUT2D eigenvalue weighted by molar-refractivity contribution is -0.122. The maximum absolute atomic E-state index is 12.4. The van der Waals surface area contributed by atoms with Crippen LogP contribution in [0.15, 0.2) is 43.0 Å². The molecule has 0 atom stereocenters. The van der Waals surface area contributed by atoms with Crippen LogP contribution in [0.4, 0.5) is 11.5 Å². The molecule has 0 radical (unpaired) electrons. The highest BCUT2D eigenvalue weighted by atomic mass is 16.1. The first-order chi connectivity index (χ1) is 18.2. The van der Waals surface area contributed by atoms with Gasteiger partial charge >= 0.3 is 0 Å². The van der Waals surface area contributed by atoms with Gasteiger partial charge in [0, 0.05) is 48.7 Å². The normalized spacial score (nSPS) is 16.3. The van der Waals surface area contributed by atoms with Crippen molar-refractivity contribution in [2.75, 3.05) is 23.3 Å². The monoisotopic (exact) mass is 493 g/mol. The van der Waals surface area contributed by atoms with Gasteiger partial charge in [0.2, 0.25) is 5.91 Å². The van der Waals surface area contributed by atoms with Crippen molar-refractivity contribution in [1.29, 1.82) is 0 Å². The van der Waals surface area contributed by atoms with Crippen LogP contribution in [0.25, 0.3) is 44.7 Å². The molecular formula is C27H27N9O. The van der Waals surface area contributed by atoms with Gasteiger partial charge in [0.25, 0.3) is 0 Å². The number of anilines is 2. The molecule has 0 spiro atoms. The quantitative estimate of drug-likeness (QED) is 0.324. The van der Waals surface area contributed by atoms with E-state index in [1.165, 1.54) is 19.3 Å². The van der Waals surface area contributed by atoms with Gasteiger partial charge in [-0.2, -0.15) is 5.10 Å². The minimum atomic E-state index is 0.0687. The summed E-state index contributed by atoms with van der Waals surface area (Å²) >= 11 is 0. The molecule has 5 aromatic rings. The Morgan fingerprint density at radius 3 is 2.70 bits per heavy atom. The largest absolute Gasteiger partial charge is 0.355 e. The number of H-pyrrole nitrogens is 2. The summed E-state index contributed by atoms with van der Waals surface area (Å²) in [6.45, 7) is 2.01. The van der Waals surface area contributed by atoms with E-state index >= 15 is 0 Å². The standard InChI is InChI=1S/C27H27N9O/c37-27(16-5-4-6-16)31-19-11-17(13-28-15-19)18-12-20-22(34-35-24(20)30-14-18)25-32-21-7-8-29-26(23(21)33-25)36-9-2-1-3-10-36/h7-8,11-16H,1-6,9-10H2,(H,31,37)(H,32,33)(H,30,34,35). The third kappa shape index (κ3) is 3.98. The summed E-state index contributed by atoms with van der Waals surface area (Å²) in [5.41, 5.74) is 5.63. The Labute approximate surface area is 213 Å². The Kier molecular flexibility index (Phi) is 5.30. The van der Waals surface area contributed by atoms with Crippen molar-refractivity contribution in [3.63, 3.8) is 0 Å². The van der Waals surface area contributed by atoms with E-state index in [4.69, 9.17) is 4.98 Å². The van der Waals surface area contributed by atoms with E-state index in [0.717, 1.165) is 71.4 Å². The van der Waals surface area contributed by atoms with Crippen LogP contribution in [-0.2, 0) is 4.79 Å². The summed E-state index contributed by atoms with van der Waals surface area (Å²) in [5.74, 6) is 1.81. The molecule has 1 saturated heterocycles. The SMILES string of the molecule is O=C(Nc1cncc(-c2cnc3n[nH]c(-c4nc5c(N6CCCCC6)nccc5[nH]4)c3c2)c1)C1CCC1. The number of hydrogen-bond acceptors (Lipinski definition) is 7. The number of rotatable bonds is 5. The average Bonchev–Trinajstić information content (AvgIpc) is 3.52. The fourth-order valence-electron chi connectivity index (χ4n) is 5.20. The number of nitrogens with one attached hydrogen (secondary N) is 3. The molecule has 2 fully saturated rings. The van der Waals surface area contributed by atoms with Crippen LogP contribution in [0, 0.1) is 5.92 Å². The molecule has 37 heavy (non-hydrogen) atoms. The van der Waals surface area contributed by atoms with Crippen LogP contribution in [0.2, 0.25) is 0 Å². The number of amides is 1. The van der Waals surface area contributed by atoms with Crippen LogP contribution < -0.4 is 10.2 Å². The molecule has 0 bridgehead atoms. The molecule has 1 saturated carbocycles. The number of piperidine rings is 1. The molecule has 3 N–H and O–H groups in total. The minimum Gasteiger partial charge on any atom is -0.355 e. The second-order valence-corrected chi connectivity index (χ2v) is 9.94. The van der Waals surface area contributed by atoms with Gasteiger partial charge in [0.05, 0.1) is 22.8 Å². The van der Waals surface area contributed by atoms with E-state index in [0.29, 0.717) is 17.2 Å². The molecule has 7 rings (SSSR count). The Hall–Kier alpha value is -4.34. The van der Waals surface area contributed by atoms with Gasteiger partial charge < -0.3 is 15.2 Å². The third-order valence-electron chi connectivity index (χ3n) is 7.50. The number of carbonyl (C=O) groups is 1. The van der Waals surface area contributed by atoms with Crippen molar-refractivity contribution >= 4 is 39.5 Å². The Balaban J connectivity index is 1.23. The van der Waals surface area contributed by atoms with Crippen LogP contribution in [-0.4, -0.2) is 54.1 Å². The van der Waals surface area contributed by atoms with E-state index in [9.17, 15) is 4.79 Å². The Morgan fingerprint density at radius 2 is 1.86 bits per heavy atom. The summed E-state index contributed by atoms with van der Waals surface area (Å²) in [5, 5.41) is 11.4. The molecular weight excluding hydrogens is 466 g/mol. The van der Waals surface area contributed by atoms with Crippen LogP contribution in [0.1, 0.15) is 38.5 Å². The first-order valence-corrected chi connectivity index (χ1v) is 12.9. The summed E-state index contributed by atoms with van der Waals surface area (Å²) in [6, 6.07) is 5.92. The van der Waals surface area contributed by atoms with Crippen LogP contribution in [0.3, 0.4) is 0 Å². The van der Waals surface area contributed by atoms with Crippen molar-refractivity contribution in [3.8, 4) is 22.6 Å². The summed E-state index contributed by atoms with van der Waals surface area (Å²) < 4.78 is 0. The number of carbonyl (C=O) groups excluding carboxylic acids is 1. The van der Waals surface area contributed by atoms with Crippen molar-refractivity contribution in [2.24, 2.45) is 5.92 Å². The summed E-state index contributed by atoms with van der Waals surface area (Å²) in [6.07, 6.45) is 13.7. The first kappa shape index (κ1) is 21.9. The number of aromatic nitrogens is 7. The number of aromatic amines is 2. The van der Waals surface area contributed by atoms with Gasteiger partial charge in [-0.25, -0.2) is 15.0 Å². The molecule has 186 valence electrons. The zero-order valence-electron chi connectivity index (χ0n) is 20.4. The van der Waals surface area contributed by atoms with Gasteiger partial charge in [-0.3, -0.25) is 14.9 Å². The molecule has 5 aromatic heterocycles. The fraction of sp³-hybridized carbons (Fsp3) is 0.333. The highest BCUT2D eigenvalue weighted by molar-refractivity contribution is 5.96. The average molecular weight is 494 g/mol. The maximum Gasteiger partial charge on any atom is 0.227 e. The molecule has 1 amide bonds. The number of hydrogen-bond donors (Lipinski definition) is 3. The molecule has 1 aliphatic carbocycles. The molecule has 10 heteroatoms. The number of pyridine rings is 3. The van der Waals surface area contributed by atoms with Gasteiger partial charge in [0.15, 0.2) is 17.3 Å². The van der Waals surface area contributed by atoms with Crippen molar-refractivity contribution in [2.45, 2.75) is 38.5 Å². The van der Waals surface area contributed by atoms with Crippen molar-refractivity contribution in [3.05, 3.63) is 43.0 Å². The molecule has 10 nitrogen and oxygen atoms in total. The summed E-state index contributed by atoms with van der Waals surface area (Å²) in [7, 11) is 0. The maximum atomic E-state index is 12.4. The lowest BCUT2D eigenvalue weighted by Crippen LogP contribution is -2.30. The predicted molar refractivity (Wildman–Crippen MR) is 142 cm³/mol. The van der Waals surface area contributed by atoms with E-state index < -0.39 is 0 Å². The van der Waals surface area contributed by atoms with Gasteiger partial charge in [-0.15, -0.1) is 0 Å². The fourth-order valence-corrected chi connectivity index (χ4v) is 5.20. The van der Waals surface area contributed by atoms with E-state index in [-0.39, 0.29) is 11.8 Å². The van der Waals surface area contributed by atoms with Crippen molar-refractivity contribution < 1.29 is 4.79 Å². The number of nitrogens with zero attached hydrogens (tertiary/aromatic N) is 6. The Bertz CT molecular complexity index is 1610. The van der Waals surface area contributed by atoms with Crippen molar-refractivity contribution in [1.82, 2.24) is 35.1 Å².